The molecule has 0 aromatic heterocycles. The highest BCUT2D eigenvalue weighted by molar-refractivity contribution is 5.91. The van der Waals surface area contributed by atoms with E-state index >= 15 is 0 Å². The first kappa shape index (κ1) is 15.6. The molecule has 0 amide bonds. The van der Waals surface area contributed by atoms with Crippen molar-refractivity contribution in [3.63, 3.8) is 0 Å². The van der Waals surface area contributed by atoms with Crippen LogP contribution in [0.1, 0.15) is 59.3 Å². The number of hydrogen-bond donors (Lipinski definition) is 1. The fraction of sp³-hybridized carbons (Fsp3) is 0.800. The summed E-state index contributed by atoms with van der Waals surface area (Å²) in [5.41, 5.74) is 0.875. The summed E-state index contributed by atoms with van der Waals surface area (Å²) in [6.07, 6.45) is 6.18. The molecule has 3 fully saturated rings. The third-order valence-electron chi connectivity index (χ3n) is 7.91. The molecular formula is C20H28O3. The number of Topliss-reactive ketones (excluding diaryl/α,β-unsaturated/α-hetero) is 1. The van der Waals surface area contributed by atoms with E-state index in [-0.39, 0.29) is 22.5 Å². The average molecular weight is 316 g/mol. The van der Waals surface area contributed by atoms with Crippen LogP contribution >= 0.6 is 0 Å². The maximum absolute atomic E-state index is 12.6. The number of rotatable bonds is 0. The summed E-state index contributed by atoms with van der Waals surface area (Å²) in [5, 5.41) is 11.0. The maximum Gasteiger partial charge on any atom is 0.155 e. The zero-order valence-electron chi connectivity index (χ0n) is 14.5. The average Bonchev–Trinajstić information content (AvgIpc) is 2.69. The third-order valence-corrected chi connectivity index (χ3v) is 7.91. The smallest absolute Gasteiger partial charge is 0.155 e. The van der Waals surface area contributed by atoms with Crippen LogP contribution in [0.3, 0.4) is 0 Å². The highest BCUT2D eigenvalue weighted by Crippen LogP contribution is 2.65. The van der Waals surface area contributed by atoms with Crippen LogP contribution in [0, 0.1) is 34.5 Å². The predicted octanol–water partition coefficient (Wildman–Crippen LogP) is 3.30. The van der Waals surface area contributed by atoms with Gasteiger partial charge in [-0.2, -0.15) is 0 Å². The molecule has 7 atom stereocenters. The SMILES string of the molecule is CC1CC(=O)[C@@]2(C)C[C@H](O)C3C(CCC4=CC(=O)CC[C@@]43C)C12. The van der Waals surface area contributed by atoms with E-state index in [0.29, 0.717) is 42.8 Å². The van der Waals surface area contributed by atoms with Crippen LogP contribution < -0.4 is 0 Å². The van der Waals surface area contributed by atoms with Gasteiger partial charge in [0.1, 0.15) is 5.78 Å². The number of allylic oxidation sites excluding steroid dienone is 1. The van der Waals surface area contributed by atoms with Crippen LogP contribution in [0.2, 0.25) is 0 Å². The van der Waals surface area contributed by atoms with Gasteiger partial charge in [0, 0.05) is 18.3 Å². The zero-order valence-corrected chi connectivity index (χ0v) is 14.5. The number of aliphatic hydroxyl groups is 1. The van der Waals surface area contributed by atoms with Gasteiger partial charge in [-0.1, -0.05) is 26.3 Å². The fourth-order valence-corrected chi connectivity index (χ4v) is 6.97. The van der Waals surface area contributed by atoms with Gasteiger partial charge in [-0.15, -0.1) is 0 Å². The fourth-order valence-electron chi connectivity index (χ4n) is 6.97. The Balaban J connectivity index is 1.78. The highest BCUT2D eigenvalue weighted by atomic mass is 16.3. The van der Waals surface area contributed by atoms with Crippen molar-refractivity contribution >= 4 is 11.6 Å². The normalized spacial score (nSPS) is 52.5. The molecule has 0 aliphatic heterocycles. The molecule has 1 N–H and O–H groups in total. The van der Waals surface area contributed by atoms with Gasteiger partial charge in [0.05, 0.1) is 6.10 Å². The van der Waals surface area contributed by atoms with Crippen LogP contribution in [0.5, 0.6) is 0 Å². The van der Waals surface area contributed by atoms with Gasteiger partial charge in [0.15, 0.2) is 5.78 Å². The summed E-state index contributed by atoms with van der Waals surface area (Å²) in [4.78, 5) is 24.4. The molecule has 0 radical (unpaired) electrons. The minimum absolute atomic E-state index is 0.0526. The van der Waals surface area contributed by atoms with Crippen molar-refractivity contribution in [3.8, 4) is 0 Å². The highest BCUT2D eigenvalue weighted by Gasteiger charge is 2.63. The molecular weight excluding hydrogens is 288 g/mol. The second-order valence-electron chi connectivity index (χ2n) is 9.10. The summed E-state index contributed by atoms with van der Waals surface area (Å²) in [5.74, 6) is 2.06. The summed E-state index contributed by atoms with van der Waals surface area (Å²) >= 11 is 0. The van der Waals surface area contributed by atoms with Gasteiger partial charge < -0.3 is 5.11 Å². The molecule has 0 spiro atoms. The zero-order chi connectivity index (χ0) is 16.6. The lowest BCUT2D eigenvalue weighted by atomic mass is 9.46. The number of carbonyl (C=O) groups is 2. The molecule has 0 aromatic carbocycles. The monoisotopic (exact) mass is 316 g/mol. The molecule has 3 saturated carbocycles. The molecule has 3 heteroatoms. The Bertz CT molecular complexity index is 606. The van der Waals surface area contributed by atoms with Crippen molar-refractivity contribution in [2.45, 2.75) is 65.4 Å². The second kappa shape index (κ2) is 4.78. The molecule has 3 nitrogen and oxygen atoms in total. The molecule has 4 aliphatic rings. The molecule has 0 saturated heterocycles. The van der Waals surface area contributed by atoms with Crippen molar-refractivity contribution in [1.29, 1.82) is 0 Å². The summed E-state index contributed by atoms with van der Waals surface area (Å²) in [7, 11) is 0. The van der Waals surface area contributed by atoms with E-state index in [1.165, 1.54) is 5.57 Å². The van der Waals surface area contributed by atoms with Gasteiger partial charge in [-0.25, -0.2) is 0 Å². The van der Waals surface area contributed by atoms with E-state index in [4.69, 9.17) is 0 Å². The maximum atomic E-state index is 12.6. The first-order chi connectivity index (χ1) is 10.8. The van der Waals surface area contributed by atoms with Crippen LogP contribution in [0.25, 0.3) is 0 Å². The van der Waals surface area contributed by atoms with Crippen molar-refractivity contribution in [1.82, 2.24) is 0 Å². The number of ketones is 2. The lowest BCUT2D eigenvalue weighted by molar-refractivity contribution is -0.149. The van der Waals surface area contributed by atoms with Crippen molar-refractivity contribution in [2.24, 2.45) is 34.5 Å². The topological polar surface area (TPSA) is 54.4 Å². The molecule has 23 heavy (non-hydrogen) atoms. The number of hydrogen-bond acceptors (Lipinski definition) is 3. The van der Waals surface area contributed by atoms with Gasteiger partial charge in [0.2, 0.25) is 0 Å². The van der Waals surface area contributed by atoms with E-state index < -0.39 is 6.10 Å². The Morgan fingerprint density at radius 1 is 1.13 bits per heavy atom. The van der Waals surface area contributed by atoms with E-state index in [1.54, 1.807) is 0 Å². The second-order valence-corrected chi connectivity index (χ2v) is 9.10. The molecule has 4 rings (SSSR count). The van der Waals surface area contributed by atoms with Gasteiger partial charge >= 0.3 is 0 Å². The Labute approximate surface area is 138 Å². The number of aliphatic hydroxyl groups excluding tert-OH is 1. The number of fused-ring (bicyclic) bond motifs is 5. The van der Waals surface area contributed by atoms with Crippen LogP contribution in [0.4, 0.5) is 0 Å². The third kappa shape index (κ3) is 1.92. The van der Waals surface area contributed by atoms with Crippen LogP contribution in [-0.4, -0.2) is 22.8 Å². The van der Waals surface area contributed by atoms with Crippen molar-refractivity contribution < 1.29 is 14.7 Å². The van der Waals surface area contributed by atoms with E-state index in [1.807, 2.05) is 6.08 Å². The molecule has 126 valence electrons. The van der Waals surface area contributed by atoms with Gasteiger partial charge in [0.25, 0.3) is 0 Å². The number of carbonyl (C=O) groups excluding carboxylic acids is 2. The first-order valence-corrected chi connectivity index (χ1v) is 9.22. The van der Waals surface area contributed by atoms with Crippen molar-refractivity contribution in [2.75, 3.05) is 0 Å². The molecule has 0 bridgehead atoms. The summed E-state index contributed by atoms with van der Waals surface area (Å²) in [6.45, 7) is 6.58. The van der Waals surface area contributed by atoms with Crippen LogP contribution in [0.15, 0.2) is 11.6 Å². The van der Waals surface area contributed by atoms with Gasteiger partial charge in [-0.3, -0.25) is 9.59 Å². The summed E-state index contributed by atoms with van der Waals surface area (Å²) in [6, 6.07) is 0. The van der Waals surface area contributed by atoms with Crippen LogP contribution in [-0.2, 0) is 9.59 Å². The lowest BCUT2D eigenvalue weighted by Crippen LogP contribution is -2.57. The molecule has 0 heterocycles. The Hall–Kier alpha value is -0.960. The van der Waals surface area contributed by atoms with Crippen molar-refractivity contribution in [3.05, 3.63) is 11.6 Å². The standard InChI is InChI=1S/C20H28O3/c1-11-8-16(23)20(3)10-15(22)18-14(17(11)20)5-4-12-9-13(21)6-7-19(12,18)2/h9,11,14-15,17-18,22H,4-8,10H2,1-3H3/t11?,14?,15-,17?,18?,19-,20+/m0/s1. The molecule has 0 aromatic rings. The Morgan fingerprint density at radius 2 is 1.87 bits per heavy atom. The van der Waals surface area contributed by atoms with E-state index in [0.717, 1.165) is 19.3 Å². The van der Waals surface area contributed by atoms with E-state index in [2.05, 4.69) is 20.8 Å². The lowest BCUT2D eigenvalue weighted by Gasteiger charge is -2.59. The molecule has 4 unspecified atom stereocenters. The minimum Gasteiger partial charge on any atom is -0.393 e. The minimum atomic E-state index is -0.419. The Kier molecular flexibility index (Phi) is 3.23. The van der Waals surface area contributed by atoms with E-state index in [9.17, 15) is 14.7 Å². The summed E-state index contributed by atoms with van der Waals surface area (Å²) < 4.78 is 0. The predicted molar refractivity (Wildman–Crippen MR) is 87.7 cm³/mol. The largest absolute Gasteiger partial charge is 0.393 e. The molecule has 4 aliphatic carbocycles. The van der Waals surface area contributed by atoms with Gasteiger partial charge in [-0.05, 0) is 60.8 Å². The quantitative estimate of drug-likeness (QED) is 0.746. The first-order valence-electron chi connectivity index (χ1n) is 9.22. The Morgan fingerprint density at radius 3 is 2.61 bits per heavy atom.